The van der Waals surface area contributed by atoms with Crippen molar-refractivity contribution in [2.24, 2.45) is 0 Å². The molecule has 1 aromatic carbocycles. The average Bonchev–Trinajstić information content (AvgIpc) is 2.63. The number of carbonyl (C=O) groups excluding carboxylic acids is 4. The van der Waals surface area contributed by atoms with Crippen LogP contribution in [0.3, 0.4) is 0 Å². The third-order valence-corrected chi connectivity index (χ3v) is 3.45. The number of nitrogens with one attached hydrogen (secondary N) is 2. The number of rotatable bonds is 6. The van der Waals surface area contributed by atoms with Gasteiger partial charge in [0.1, 0.15) is 0 Å². The number of esters is 2. The zero-order valence-electron chi connectivity index (χ0n) is 14.9. The van der Waals surface area contributed by atoms with Gasteiger partial charge >= 0.3 is 11.9 Å². The summed E-state index contributed by atoms with van der Waals surface area (Å²) in [5.41, 5.74) is 2.54. The van der Waals surface area contributed by atoms with Crippen LogP contribution < -0.4 is 10.6 Å². The van der Waals surface area contributed by atoms with Crippen molar-refractivity contribution in [3.8, 4) is 0 Å². The monoisotopic (exact) mass is 360 g/mol. The van der Waals surface area contributed by atoms with E-state index in [4.69, 9.17) is 0 Å². The molecule has 0 saturated carbocycles. The van der Waals surface area contributed by atoms with Crippen LogP contribution in [0, 0.1) is 13.8 Å². The predicted octanol–water partition coefficient (Wildman–Crippen LogP) is 1.64. The molecule has 0 spiro atoms. The summed E-state index contributed by atoms with van der Waals surface area (Å²) in [6, 6.07) is 3.23. The molecule has 1 aromatic rings. The van der Waals surface area contributed by atoms with Gasteiger partial charge in [-0.15, -0.1) is 0 Å². The van der Waals surface area contributed by atoms with Gasteiger partial charge in [0, 0.05) is 35.7 Å². The fourth-order valence-electron chi connectivity index (χ4n) is 1.86. The maximum Gasteiger partial charge on any atom is 0.330 e. The summed E-state index contributed by atoms with van der Waals surface area (Å²) in [7, 11) is 2.43. The molecule has 0 saturated heterocycles. The smallest absolute Gasteiger partial charge is 0.330 e. The maximum atomic E-state index is 11.8. The Kier molecular flexibility index (Phi) is 7.75. The number of anilines is 2. The Morgan fingerprint density at radius 3 is 1.38 bits per heavy atom. The fraction of sp³-hybridized carbons (Fsp3) is 0.222. The molecule has 0 aliphatic heterocycles. The zero-order chi connectivity index (χ0) is 19.7. The van der Waals surface area contributed by atoms with Crippen LogP contribution in [0.2, 0.25) is 0 Å². The summed E-state index contributed by atoms with van der Waals surface area (Å²) in [6.45, 7) is 3.55. The van der Waals surface area contributed by atoms with Gasteiger partial charge in [-0.3, -0.25) is 9.59 Å². The van der Waals surface area contributed by atoms with Crippen LogP contribution in [0.25, 0.3) is 0 Å². The Morgan fingerprint density at radius 1 is 0.731 bits per heavy atom. The molecular weight excluding hydrogens is 340 g/mol. The molecular formula is C18H20N2O6. The third kappa shape index (κ3) is 6.23. The van der Waals surface area contributed by atoms with E-state index in [-0.39, 0.29) is 0 Å². The molecule has 0 radical (unpaired) electrons. The van der Waals surface area contributed by atoms with Gasteiger partial charge < -0.3 is 20.1 Å². The topological polar surface area (TPSA) is 111 Å². The van der Waals surface area contributed by atoms with Gasteiger partial charge in [-0.05, 0) is 37.1 Å². The Balaban J connectivity index is 2.85. The van der Waals surface area contributed by atoms with Gasteiger partial charge in [0.2, 0.25) is 11.8 Å². The van der Waals surface area contributed by atoms with Crippen LogP contribution in [-0.4, -0.2) is 38.0 Å². The first-order valence-corrected chi connectivity index (χ1v) is 7.52. The second kappa shape index (κ2) is 9.77. The highest BCUT2D eigenvalue weighted by Crippen LogP contribution is 2.25. The Hall–Kier alpha value is -3.42. The van der Waals surface area contributed by atoms with Gasteiger partial charge in [0.25, 0.3) is 0 Å². The van der Waals surface area contributed by atoms with E-state index in [0.29, 0.717) is 11.4 Å². The van der Waals surface area contributed by atoms with Crippen LogP contribution in [0.5, 0.6) is 0 Å². The molecule has 0 unspecified atom stereocenters. The van der Waals surface area contributed by atoms with E-state index in [1.807, 2.05) is 0 Å². The second-order valence-corrected chi connectivity index (χ2v) is 5.10. The predicted molar refractivity (Wildman–Crippen MR) is 95.5 cm³/mol. The Labute approximate surface area is 150 Å². The molecule has 2 amide bonds. The molecule has 8 nitrogen and oxygen atoms in total. The zero-order valence-corrected chi connectivity index (χ0v) is 14.9. The summed E-state index contributed by atoms with van der Waals surface area (Å²) in [4.78, 5) is 45.6. The number of methoxy groups -OCH3 is 2. The minimum atomic E-state index is -0.633. The quantitative estimate of drug-likeness (QED) is 0.589. The number of amides is 2. The summed E-state index contributed by atoms with van der Waals surface area (Å²) in [5.74, 6) is -2.25. The lowest BCUT2D eigenvalue weighted by molar-refractivity contribution is -0.135. The van der Waals surface area contributed by atoms with E-state index >= 15 is 0 Å². The molecule has 138 valence electrons. The van der Waals surface area contributed by atoms with Crippen LogP contribution in [0.1, 0.15) is 11.1 Å². The second-order valence-electron chi connectivity index (χ2n) is 5.10. The van der Waals surface area contributed by atoms with Crippen molar-refractivity contribution in [1.29, 1.82) is 0 Å². The number of benzene rings is 1. The van der Waals surface area contributed by atoms with Crippen molar-refractivity contribution in [3.05, 3.63) is 47.6 Å². The van der Waals surface area contributed by atoms with E-state index in [0.717, 1.165) is 35.4 Å². The summed E-state index contributed by atoms with van der Waals surface area (Å²) in [5, 5.41) is 5.27. The summed E-state index contributed by atoms with van der Waals surface area (Å²) >= 11 is 0. The molecule has 1 rings (SSSR count). The number of carbonyl (C=O) groups is 4. The fourth-order valence-corrected chi connectivity index (χ4v) is 1.86. The van der Waals surface area contributed by atoms with Crippen LogP contribution in [-0.2, 0) is 28.7 Å². The lowest BCUT2D eigenvalue weighted by atomic mass is 10.1. The average molecular weight is 360 g/mol. The molecule has 0 bridgehead atoms. The van der Waals surface area contributed by atoms with Crippen molar-refractivity contribution in [3.63, 3.8) is 0 Å². The standard InChI is InChI=1S/C18H20N2O6/c1-11-12(2)14(20-16(22)8-10-18(24)26-4)6-5-13(11)19-15(21)7-9-17(23)25-3/h5-10H,1-4H3,(H,19,21)(H,20,22)/b9-7-,10-8-. The molecule has 0 heterocycles. The number of hydrogen-bond donors (Lipinski definition) is 2. The van der Waals surface area contributed by atoms with E-state index in [1.165, 1.54) is 14.2 Å². The van der Waals surface area contributed by atoms with Crippen molar-refractivity contribution in [1.82, 2.24) is 0 Å². The van der Waals surface area contributed by atoms with Crippen molar-refractivity contribution in [2.75, 3.05) is 24.9 Å². The maximum absolute atomic E-state index is 11.8. The highest BCUT2D eigenvalue weighted by atomic mass is 16.5. The van der Waals surface area contributed by atoms with Crippen LogP contribution >= 0.6 is 0 Å². The first kappa shape index (κ1) is 20.6. The lowest BCUT2D eigenvalue weighted by Gasteiger charge is -2.14. The molecule has 2 N–H and O–H groups in total. The molecule has 0 aliphatic rings. The number of ether oxygens (including phenoxy) is 2. The van der Waals surface area contributed by atoms with Crippen molar-refractivity contribution < 1.29 is 28.7 Å². The van der Waals surface area contributed by atoms with Gasteiger partial charge in [0.05, 0.1) is 14.2 Å². The SMILES string of the molecule is COC(=O)/C=C\C(=O)Nc1ccc(NC(=O)/C=C\C(=O)OC)c(C)c1C. The van der Waals surface area contributed by atoms with E-state index in [9.17, 15) is 19.2 Å². The third-order valence-electron chi connectivity index (χ3n) is 3.45. The van der Waals surface area contributed by atoms with Crippen molar-refractivity contribution in [2.45, 2.75) is 13.8 Å². The van der Waals surface area contributed by atoms with E-state index in [2.05, 4.69) is 20.1 Å². The molecule has 8 heteroatoms. The van der Waals surface area contributed by atoms with Gasteiger partial charge in [-0.1, -0.05) is 0 Å². The highest BCUT2D eigenvalue weighted by Gasteiger charge is 2.10. The molecule has 0 fully saturated rings. The lowest BCUT2D eigenvalue weighted by Crippen LogP contribution is -2.13. The molecule has 26 heavy (non-hydrogen) atoms. The van der Waals surface area contributed by atoms with Crippen molar-refractivity contribution >= 4 is 35.1 Å². The van der Waals surface area contributed by atoms with Gasteiger partial charge in [0.15, 0.2) is 0 Å². The highest BCUT2D eigenvalue weighted by molar-refractivity contribution is 6.05. The van der Waals surface area contributed by atoms with Gasteiger partial charge in [-0.2, -0.15) is 0 Å². The normalized spacial score (nSPS) is 10.6. The first-order valence-electron chi connectivity index (χ1n) is 7.52. The Morgan fingerprint density at radius 2 is 1.08 bits per heavy atom. The number of hydrogen-bond acceptors (Lipinski definition) is 6. The van der Waals surface area contributed by atoms with Crippen LogP contribution in [0.15, 0.2) is 36.4 Å². The van der Waals surface area contributed by atoms with Crippen LogP contribution in [0.4, 0.5) is 11.4 Å². The Bertz CT molecular complexity index is 715. The molecule has 0 aliphatic carbocycles. The summed E-state index contributed by atoms with van der Waals surface area (Å²) in [6.07, 6.45) is 4.15. The molecule has 0 aromatic heterocycles. The summed E-state index contributed by atoms with van der Waals surface area (Å²) < 4.78 is 8.82. The largest absolute Gasteiger partial charge is 0.466 e. The minimum absolute atomic E-state index is 0.490. The molecule has 0 atom stereocenters. The van der Waals surface area contributed by atoms with Gasteiger partial charge in [-0.25, -0.2) is 9.59 Å². The van der Waals surface area contributed by atoms with E-state index < -0.39 is 23.8 Å². The minimum Gasteiger partial charge on any atom is -0.466 e. The van der Waals surface area contributed by atoms with E-state index in [1.54, 1.807) is 26.0 Å². The first-order chi connectivity index (χ1) is 12.3.